The first-order valence-corrected chi connectivity index (χ1v) is 9.51. The van der Waals surface area contributed by atoms with Crippen molar-refractivity contribution in [3.05, 3.63) is 53.6 Å². The zero-order valence-corrected chi connectivity index (χ0v) is 15.7. The normalized spacial score (nSPS) is 24.1. The largest absolute Gasteiger partial charge is 0.490 e. The number of hydrogen-bond acceptors (Lipinski definition) is 5. The van der Waals surface area contributed by atoms with E-state index in [1.807, 2.05) is 4.90 Å². The molecule has 4 rings (SSSR count). The number of aliphatic hydroxyl groups is 2. The minimum atomic E-state index is -1.48. The lowest BCUT2D eigenvalue weighted by atomic mass is 9.89. The lowest BCUT2D eigenvalue weighted by Crippen LogP contribution is -2.58. The number of aliphatic hydroxyl groups excluding tert-OH is 1. The Bertz CT molecular complexity index is 922. The van der Waals surface area contributed by atoms with Crippen LogP contribution in [0.5, 0.6) is 5.75 Å². The standard InChI is InChI=1S/C21H22F2N2O4/c22-13-1-3-14(4-2-13)25-10-9-21(28,18(26)11-25)12-29-17-7-6-16(23)20-15(17)5-8-19(27)24-20/h1-4,6-7,18,26,28H,5,8-12H2,(H,24,27)/t18-,21-/m1/s1. The van der Waals surface area contributed by atoms with Crippen LogP contribution in [-0.4, -0.2) is 47.5 Å². The molecule has 8 heteroatoms. The summed E-state index contributed by atoms with van der Waals surface area (Å²) in [4.78, 5) is 13.4. The van der Waals surface area contributed by atoms with Crippen LogP contribution in [0.1, 0.15) is 18.4 Å². The van der Waals surface area contributed by atoms with Gasteiger partial charge in [-0.1, -0.05) is 0 Å². The van der Waals surface area contributed by atoms with Gasteiger partial charge in [0, 0.05) is 30.8 Å². The fourth-order valence-corrected chi connectivity index (χ4v) is 3.78. The number of β-amino-alcohol motifs (C(OH)–C–C–N with tert-alkyl or cyclic N) is 1. The number of benzene rings is 2. The summed E-state index contributed by atoms with van der Waals surface area (Å²) in [6, 6.07) is 8.63. The van der Waals surface area contributed by atoms with Crippen LogP contribution >= 0.6 is 0 Å². The van der Waals surface area contributed by atoms with E-state index in [-0.39, 0.29) is 43.4 Å². The van der Waals surface area contributed by atoms with Gasteiger partial charge in [-0.3, -0.25) is 4.79 Å². The Hall–Kier alpha value is -2.71. The van der Waals surface area contributed by atoms with Crippen molar-refractivity contribution >= 4 is 17.3 Å². The Balaban J connectivity index is 1.45. The fraction of sp³-hybridized carbons (Fsp3) is 0.381. The Morgan fingerprint density at radius 3 is 2.66 bits per heavy atom. The summed E-state index contributed by atoms with van der Waals surface area (Å²) in [7, 11) is 0. The fourth-order valence-electron chi connectivity index (χ4n) is 3.78. The Morgan fingerprint density at radius 1 is 1.17 bits per heavy atom. The van der Waals surface area contributed by atoms with Crippen LogP contribution in [0.2, 0.25) is 0 Å². The minimum Gasteiger partial charge on any atom is -0.490 e. The zero-order valence-electron chi connectivity index (χ0n) is 15.7. The molecule has 1 fully saturated rings. The summed E-state index contributed by atoms with van der Waals surface area (Å²) in [5.74, 6) is -0.749. The van der Waals surface area contributed by atoms with Crippen molar-refractivity contribution in [3.8, 4) is 5.75 Å². The van der Waals surface area contributed by atoms with Crippen molar-refractivity contribution in [2.75, 3.05) is 29.9 Å². The molecule has 1 saturated heterocycles. The van der Waals surface area contributed by atoms with Gasteiger partial charge in [-0.05, 0) is 49.2 Å². The predicted molar refractivity (Wildman–Crippen MR) is 103 cm³/mol. The molecule has 3 N–H and O–H groups in total. The number of rotatable bonds is 4. The van der Waals surface area contributed by atoms with Crippen molar-refractivity contribution in [1.29, 1.82) is 0 Å². The average molecular weight is 404 g/mol. The second-order valence-electron chi connectivity index (χ2n) is 7.53. The first-order chi connectivity index (χ1) is 13.9. The SMILES string of the molecule is O=C1CCc2c(OC[C@]3(O)CCN(c4ccc(F)cc4)C[C@H]3O)ccc(F)c2N1. The van der Waals surface area contributed by atoms with Crippen LogP contribution < -0.4 is 15.0 Å². The van der Waals surface area contributed by atoms with Gasteiger partial charge in [-0.15, -0.1) is 0 Å². The van der Waals surface area contributed by atoms with E-state index in [0.29, 0.717) is 24.3 Å². The molecular weight excluding hydrogens is 382 g/mol. The van der Waals surface area contributed by atoms with Crippen LogP contribution in [0.4, 0.5) is 20.2 Å². The van der Waals surface area contributed by atoms with Gasteiger partial charge in [0.2, 0.25) is 5.91 Å². The predicted octanol–water partition coefficient (Wildman–Crippen LogP) is 2.23. The van der Waals surface area contributed by atoms with Gasteiger partial charge in [0.1, 0.15) is 35.7 Å². The number of nitrogens with zero attached hydrogens (tertiary/aromatic N) is 1. The maximum atomic E-state index is 14.0. The summed E-state index contributed by atoms with van der Waals surface area (Å²) in [6.45, 7) is 0.459. The highest BCUT2D eigenvalue weighted by molar-refractivity contribution is 5.94. The van der Waals surface area contributed by atoms with E-state index in [2.05, 4.69) is 5.32 Å². The number of nitrogens with one attached hydrogen (secondary N) is 1. The van der Waals surface area contributed by atoms with Gasteiger partial charge in [0.25, 0.3) is 0 Å². The van der Waals surface area contributed by atoms with Crippen LogP contribution in [0.15, 0.2) is 36.4 Å². The summed E-state index contributed by atoms with van der Waals surface area (Å²) < 4.78 is 32.9. The van der Waals surface area contributed by atoms with Gasteiger partial charge in [-0.2, -0.15) is 0 Å². The molecule has 2 atom stereocenters. The molecule has 0 aromatic heterocycles. The van der Waals surface area contributed by atoms with Gasteiger partial charge in [0.15, 0.2) is 0 Å². The molecule has 2 aliphatic rings. The topological polar surface area (TPSA) is 82.0 Å². The highest BCUT2D eigenvalue weighted by Crippen LogP contribution is 2.35. The van der Waals surface area contributed by atoms with Crippen molar-refractivity contribution in [1.82, 2.24) is 0 Å². The van der Waals surface area contributed by atoms with Crippen LogP contribution in [0.3, 0.4) is 0 Å². The van der Waals surface area contributed by atoms with E-state index in [1.165, 1.54) is 24.3 Å². The van der Waals surface area contributed by atoms with E-state index < -0.39 is 17.5 Å². The Morgan fingerprint density at radius 2 is 1.93 bits per heavy atom. The van der Waals surface area contributed by atoms with Crippen LogP contribution in [0, 0.1) is 11.6 Å². The van der Waals surface area contributed by atoms with Crippen LogP contribution in [-0.2, 0) is 11.2 Å². The van der Waals surface area contributed by atoms with Crippen molar-refractivity contribution < 1.29 is 28.5 Å². The number of fused-ring (bicyclic) bond motifs is 1. The zero-order chi connectivity index (χ0) is 20.6. The number of carbonyl (C=O) groups is 1. The molecule has 0 radical (unpaired) electrons. The first-order valence-electron chi connectivity index (χ1n) is 9.51. The lowest BCUT2D eigenvalue weighted by Gasteiger charge is -2.42. The molecule has 154 valence electrons. The number of amides is 1. The number of piperidine rings is 1. The van der Waals surface area contributed by atoms with Gasteiger partial charge in [-0.25, -0.2) is 8.78 Å². The molecule has 0 spiro atoms. The number of anilines is 2. The minimum absolute atomic E-state index is 0.109. The van der Waals surface area contributed by atoms with E-state index >= 15 is 0 Å². The third-order valence-corrected chi connectivity index (χ3v) is 5.58. The number of halogens is 2. The highest BCUT2D eigenvalue weighted by atomic mass is 19.1. The van der Waals surface area contributed by atoms with Crippen molar-refractivity contribution in [3.63, 3.8) is 0 Å². The molecule has 0 bridgehead atoms. The Kier molecular flexibility index (Phi) is 5.14. The highest BCUT2D eigenvalue weighted by Gasteiger charge is 2.42. The van der Waals surface area contributed by atoms with E-state index in [9.17, 15) is 23.8 Å². The number of carbonyl (C=O) groups excluding carboxylic acids is 1. The summed E-state index contributed by atoms with van der Waals surface area (Å²) >= 11 is 0. The quantitative estimate of drug-likeness (QED) is 0.728. The smallest absolute Gasteiger partial charge is 0.224 e. The third-order valence-electron chi connectivity index (χ3n) is 5.58. The molecule has 29 heavy (non-hydrogen) atoms. The van der Waals surface area contributed by atoms with E-state index in [1.54, 1.807) is 12.1 Å². The molecule has 0 aliphatic carbocycles. The summed E-state index contributed by atoms with van der Waals surface area (Å²) in [6.07, 6.45) is -0.275. The second kappa shape index (κ2) is 7.61. The van der Waals surface area contributed by atoms with Gasteiger partial charge >= 0.3 is 0 Å². The molecule has 1 amide bonds. The lowest BCUT2D eigenvalue weighted by molar-refractivity contribution is -0.116. The first kappa shape index (κ1) is 19.6. The second-order valence-corrected chi connectivity index (χ2v) is 7.53. The van der Waals surface area contributed by atoms with Gasteiger partial charge < -0.3 is 25.2 Å². The average Bonchev–Trinajstić information content (AvgIpc) is 2.71. The molecule has 2 aromatic rings. The van der Waals surface area contributed by atoms with Gasteiger partial charge in [0.05, 0.1) is 5.69 Å². The Labute approximate surface area is 166 Å². The molecule has 0 saturated carbocycles. The molecule has 2 aliphatic heterocycles. The van der Waals surface area contributed by atoms with E-state index in [0.717, 1.165) is 5.69 Å². The number of ether oxygens (including phenoxy) is 1. The van der Waals surface area contributed by atoms with Crippen molar-refractivity contribution in [2.45, 2.75) is 31.0 Å². The summed E-state index contributed by atoms with van der Waals surface area (Å²) in [5, 5.41) is 24.0. The number of hydrogen-bond donors (Lipinski definition) is 3. The molecule has 6 nitrogen and oxygen atoms in total. The van der Waals surface area contributed by atoms with E-state index in [4.69, 9.17) is 4.74 Å². The molecule has 2 aromatic carbocycles. The van der Waals surface area contributed by atoms with Crippen LogP contribution in [0.25, 0.3) is 0 Å². The van der Waals surface area contributed by atoms with Crippen molar-refractivity contribution in [2.24, 2.45) is 0 Å². The molecule has 2 heterocycles. The molecule has 0 unspecified atom stereocenters. The monoisotopic (exact) mass is 404 g/mol. The third kappa shape index (κ3) is 3.90. The maximum Gasteiger partial charge on any atom is 0.224 e. The maximum absolute atomic E-state index is 14.0. The molecular formula is C21H22F2N2O4. The summed E-state index contributed by atoms with van der Waals surface area (Å²) in [5.41, 5.74) is -0.0592.